The van der Waals surface area contributed by atoms with Crippen molar-refractivity contribution in [2.75, 3.05) is 18.4 Å². The molecule has 1 amide bonds. The molecule has 0 atom stereocenters. The maximum absolute atomic E-state index is 14.2. The van der Waals surface area contributed by atoms with Crippen LogP contribution in [0, 0.1) is 0 Å². The molecule has 0 unspecified atom stereocenters. The molecule has 0 bridgehead atoms. The zero-order valence-electron chi connectivity index (χ0n) is 14.6. The van der Waals surface area contributed by atoms with Gasteiger partial charge in [0.05, 0.1) is 0 Å². The third-order valence-corrected chi connectivity index (χ3v) is 4.20. The average Bonchev–Trinajstić information content (AvgIpc) is 2.48. The summed E-state index contributed by atoms with van der Waals surface area (Å²) in [5.74, 6) is 0.388. The van der Waals surface area contributed by atoms with Gasteiger partial charge < -0.3 is 4.74 Å². The molecule has 0 aromatic carbocycles. The van der Waals surface area contributed by atoms with Gasteiger partial charge in [-0.1, -0.05) is 0 Å². The van der Waals surface area contributed by atoms with Crippen LogP contribution in [-0.2, 0) is 16.1 Å². The fourth-order valence-corrected chi connectivity index (χ4v) is 2.76. The summed E-state index contributed by atoms with van der Waals surface area (Å²) < 4.78 is 19.4. The van der Waals surface area contributed by atoms with Gasteiger partial charge >= 0.3 is 6.09 Å². The van der Waals surface area contributed by atoms with Gasteiger partial charge in [0.2, 0.25) is 0 Å². The molecule has 1 aromatic rings. The molecule has 1 N–H and O–H groups in total. The molecule has 0 saturated carbocycles. The standard InChI is InChI=1S/C17H23ClFN3O3/c1-16(2,3)25-15(24)21-13-10-12(4-7-20-13)11-22-8-5-17(19,6-9-22)14(18)23/h4,7,10H,5-6,8-9,11H2,1-3H3,(H,20,21,24). The van der Waals surface area contributed by atoms with Crippen molar-refractivity contribution in [2.45, 2.75) is 51.4 Å². The Labute approximate surface area is 151 Å². The van der Waals surface area contributed by atoms with E-state index < -0.39 is 22.6 Å². The third kappa shape index (κ3) is 5.93. The zero-order valence-corrected chi connectivity index (χ0v) is 15.4. The largest absolute Gasteiger partial charge is 0.444 e. The summed E-state index contributed by atoms with van der Waals surface area (Å²) in [6.07, 6.45) is 1.19. The lowest BCUT2D eigenvalue weighted by atomic mass is 9.94. The second-order valence-corrected chi connectivity index (χ2v) is 7.53. The van der Waals surface area contributed by atoms with Crippen molar-refractivity contribution >= 4 is 28.8 Å². The smallest absolute Gasteiger partial charge is 0.413 e. The Morgan fingerprint density at radius 1 is 1.40 bits per heavy atom. The van der Waals surface area contributed by atoms with Gasteiger partial charge in [0.1, 0.15) is 11.4 Å². The molecule has 8 heteroatoms. The van der Waals surface area contributed by atoms with Gasteiger partial charge in [-0.15, -0.1) is 0 Å². The number of carbonyl (C=O) groups excluding carboxylic acids is 2. The Morgan fingerprint density at radius 3 is 2.60 bits per heavy atom. The number of piperidine rings is 1. The average molecular weight is 372 g/mol. The number of amides is 1. The lowest BCUT2D eigenvalue weighted by molar-refractivity contribution is -0.125. The van der Waals surface area contributed by atoms with Crippen molar-refractivity contribution in [3.63, 3.8) is 0 Å². The van der Waals surface area contributed by atoms with Crippen molar-refractivity contribution < 1.29 is 18.7 Å². The van der Waals surface area contributed by atoms with Gasteiger partial charge in [-0.05, 0) is 50.1 Å². The molecule has 2 rings (SSSR count). The van der Waals surface area contributed by atoms with Crippen molar-refractivity contribution in [2.24, 2.45) is 0 Å². The van der Waals surface area contributed by atoms with Crippen molar-refractivity contribution in [1.29, 1.82) is 0 Å². The van der Waals surface area contributed by atoms with E-state index in [2.05, 4.69) is 10.3 Å². The van der Waals surface area contributed by atoms with Gasteiger partial charge in [0, 0.05) is 38.7 Å². The van der Waals surface area contributed by atoms with Crippen LogP contribution in [0.1, 0.15) is 39.2 Å². The Balaban J connectivity index is 1.92. The van der Waals surface area contributed by atoms with Crippen LogP contribution in [0.3, 0.4) is 0 Å². The zero-order chi connectivity index (χ0) is 18.7. The first-order chi connectivity index (χ1) is 11.6. The predicted molar refractivity (Wildman–Crippen MR) is 93.3 cm³/mol. The molecule has 0 radical (unpaired) electrons. The number of rotatable bonds is 4. The van der Waals surface area contributed by atoms with E-state index in [1.54, 1.807) is 33.0 Å². The minimum atomic E-state index is -1.92. The second-order valence-electron chi connectivity index (χ2n) is 7.19. The number of pyridine rings is 1. The maximum atomic E-state index is 14.2. The van der Waals surface area contributed by atoms with Crippen molar-refractivity contribution in [3.8, 4) is 0 Å². The van der Waals surface area contributed by atoms with Gasteiger partial charge in [0.15, 0.2) is 5.67 Å². The molecule has 1 fully saturated rings. The van der Waals surface area contributed by atoms with E-state index in [0.717, 1.165) is 5.56 Å². The summed E-state index contributed by atoms with van der Waals surface area (Å²) >= 11 is 5.33. The van der Waals surface area contributed by atoms with Crippen molar-refractivity contribution in [3.05, 3.63) is 23.9 Å². The number of anilines is 1. The Bertz CT molecular complexity index is 640. The first kappa shape index (κ1) is 19.6. The predicted octanol–water partition coefficient (Wildman–Crippen LogP) is 3.50. The topological polar surface area (TPSA) is 71.5 Å². The van der Waals surface area contributed by atoms with E-state index in [9.17, 15) is 14.0 Å². The Hall–Kier alpha value is -1.73. The molecule has 25 heavy (non-hydrogen) atoms. The summed E-state index contributed by atoms with van der Waals surface area (Å²) in [7, 11) is 0. The molecule has 6 nitrogen and oxygen atoms in total. The monoisotopic (exact) mass is 371 g/mol. The van der Waals surface area contributed by atoms with Crippen molar-refractivity contribution in [1.82, 2.24) is 9.88 Å². The van der Waals surface area contributed by atoms with Crippen LogP contribution in [0.15, 0.2) is 18.3 Å². The summed E-state index contributed by atoms with van der Waals surface area (Å²) in [4.78, 5) is 29.1. The molecule has 0 aliphatic carbocycles. The van der Waals surface area contributed by atoms with E-state index in [0.29, 0.717) is 25.5 Å². The Kier molecular flexibility index (Phi) is 6.00. The molecule has 1 aromatic heterocycles. The van der Waals surface area contributed by atoms with Crippen LogP contribution < -0.4 is 5.32 Å². The molecule has 0 spiro atoms. The number of alkyl halides is 1. The van der Waals surface area contributed by atoms with Crippen LogP contribution in [0.25, 0.3) is 0 Å². The first-order valence-corrected chi connectivity index (χ1v) is 8.51. The van der Waals surface area contributed by atoms with Crippen LogP contribution in [0.4, 0.5) is 15.0 Å². The summed E-state index contributed by atoms with van der Waals surface area (Å²) in [6.45, 7) is 6.78. The molecular weight excluding hydrogens is 349 g/mol. The minimum Gasteiger partial charge on any atom is -0.444 e. The number of aromatic nitrogens is 1. The number of halogens is 2. The normalized spacial score (nSPS) is 17.8. The number of nitrogens with zero attached hydrogens (tertiary/aromatic N) is 2. The molecule has 138 valence electrons. The highest BCUT2D eigenvalue weighted by Gasteiger charge is 2.40. The SMILES string of the molecule is CC(C)(C)OC(=O)Nc1cc(CN2CCC(F)(C(=O)Cl)CC2)ccn1. The number of ether oxygens (including phenoxy) is 1. The Morgan fingerprint density at radius 2 is 2.04 bits per heavy atom. The van der Waals surface area contributed by atoms with Crippen LogP contribution in [0.2, 0.25) is 0 Å². The number of carbonyl (C=O) groups is 2. The second kappa shape index (κ2) is 7.66. The molecule has 2 heterocycles. The molecule has 1 aliphatic heterocycles. The number of hydrogen-bond donors (Lipinski definition) is 1. The van der Waals surface area contributed by atoms with Gasteiger partial charge in [-0.3, -0.25) is 15.0 Å². The number of hydrogen-bond acceptors (Lipinski definition) is 5. The lowest BCUT2D eigenvalue weighted by Gasteiger charge is -2.34. The fraction of sp³-hybridized carbons (Fsp3) is 0.588. The van der Waals surface area contributed by atoms with E-state index in [1.807, 2.05) is 11.0 Å². The third-order valence-electron chi connectivity index (χ3n) is 3.86. The first-order valence-electron chi connectivity index (χ1n) is 8.13. The highest BCUT2D eigenvalue weighted by molar-refractivity contribution is 6.65. The molecule has 1 saturated heterocycles. The summed E-state index contributed by atoms with van der Waals surface area (Å²) in [6, 6.07) is 3.57. The van der Waals surface area contributed by atoms with Crippen LogP contribution >= 0.6 is 11.6 Å². The van der Waals surface area contributed by atoms with Gasteiger partial charge in [-0.25, -0.2) is 14.2 Å². The van der Waals surface area contributed by atoms with Crippen LogP contribution in [-0.4, -0.2) is 45.6 Å². The summed E-state index contributed by atoms with van der Waals surface area (Å²) in [5.41, 5.74) is -1.59. The summed E-state index contributed by atoms with van der Waals surface area (Å²) in [5, 5.41) is 1.67. The van der Waals surface area contributed by atoms with E-state index in [1.165, 1.54) is 0 Å². The lowest BCUT2D eigenvalue weighted by Crippen LogP contribution is -2.44. The highest BCUT2D eigenvalue weighted by atomic mass is 35.5. The van der Waals surface area contributed by atoms with E-state index in [-0.39, 0.29) is 12.8 Å². The highest BCUT2D eigenvalue weighted by Crippen LogP contribution is 2.29. The number of likely N-dealkylation sites (tertiary alicyclic amines) is 1. The number of nitrogens with one attached hydrogen (secondary N) is 1. The minimum absolute atomic E-state index is 0.0867. The van der Waals surface area contributed by atoms with Gasteiger partial charge in [0.25, 0.3) is 5.24 Å². The van der Waals surface area contributed by atoms with Crippen LogP contribution in [0.5, 0.6) is 0 Å². The molecule has 1 aliphatic rings. The van der Waals surface area contributed by atoms with E-state index >= 15 is 0 Å². The quantitative estimate of drug-likeness (QED) is 0.820. The maximum Gasteiger partial charge on any atom is 0.413 e. The molecular formula is C17H23ClFN3O3. The van der Waals surface area contributed by atoms with E-state index in [4.69, 9.17) is 16.3 Å². The fourth-order valence-electron chi connectivity index (χ4n) is 2.57. The van der Waals surface area contributed by atoms with Gasteiger partial charge in [-0.2, -0.15) is 0 Å².